The van der Waals surface area contributed by atoms with E-state index in [2.05, 4.69) is 34.2 Å². The van der Waals surface area contributed by atoms with Gasteiger partial charge in [-0.25, -0.2) is 24.9 Å². The molecule has 3 heterocycles. The fraction of sp³-hybridized carbons (Fsp3) is 0. The summed E-state index contributed by atoms with van der Waals surface area (Å²) in [6, 6.07) is 37.4. The highest BCUT2D eigenvalue weighted by Crippen LogP contribution is 2.33. The lowest BCUT2D eigenvalue weighted by Crippen LogP contribution is -2.00. The zero-order valence-corrected chi connectivity index (χ0v) is 21.4. The maximum atomic E-state index is 9.54. The summed E-state index contributed by atoms with van der Waals surface area (Å²) in [5.74, 6) is 1.43. The molecule has 190 valence electrons. The quantitative estimate of drug-likeness (QED) is 0.240. The van der Waals surface area contributed by atoms with Crippen molar-refractivity contribution in [2.24, 2.45) is 0 Å². The maximum Gasteiger partial charge on any atom is 0.234 e. The summed E-state index contributed by atoms with van der Waals surface area (Å²) >= 11 is 0. The van der Waals surface area contributed by atoms with E-state index in [0.717, 1.165) is 22.3 Å². The van der Waals surface area contributed by atoms with Crippen LogP contribution in [0.25, 0.3) is 67.4 Å². The molecule has 0 fully saturated rings. The molecule has 0 aliphatic rings. The van der Waals surface area contributed by atoms with Gasteiger partial charge in [-0.2, -0.15) is 10.5 Å². The second-order valence-corrected chi connectivity index (χ2v) is 9.23. The fourth-order valence-corrected chi connectivity index (χ4v) is 4.70. The fourth-order valence-electron chi connectivity index (χ4n) is 4.70. The van der Waals surface area contributed by atoms with E-state index in [4.69, 9.17) is 19.4 Å². The summed E-state index contributed by atoms with van der Waals surface area (Å²) in [6.07, 6.45) is 0. The molecule has 0 radical (unpaired) electrons. The van der Waals surface area contributed by atoms with Crippen LogP contribution in [0, 0.1) is 22.7 Å². The van der Waals surface area contributed by atoms with Gasteiger partial charge in [0.05, 0.1) is 0 Å². The summed E-state index contributed by atoms with van der Waals surface area (Å²) < 4.78 is 5.89. The predicted molar refractivity (Wildman–Crippen MR) is 154 cm³/mol. The molecule has 0 amide bonds. The van der Waals surface area contributed by atoms with E-state index in [1.54, 1.807) is 6.07 Å². The summed E-state index contributed by atoms with van der Waals surface area (Å²) in [6.45, 7) is 0. The van der Waals surface area contributed by atoms with Crippen LogP contribution in [0.4, 0.5) is 0 Å². The van der Waals surface area contributed by atoms with Crippen molar-refractivity contribution in [1.82, 2.24) is 24.9 Å². The third kappa shape index (κ3) is 4.32. The molecule has 0 aliphatic carbocycles. The Morgan fingerprint density at radius 3 is 1.68 bits per heavy atom. The molecule has 8 nitrogen and oxygen atoms in total. The normalized spacial score (nSPS) is 10.9. The highest BCUT2D eigenvalue weighted by atomic mass is 16.3. The lowest BCUT2D eigenvalue weighted by molar-refractivity contribution is 0.663. The second kappa shape index (κ2) is 9.81. The Labute approximate surface area is 233 Å². The highest BCUT2D eigenvalue weighted by Gasteiger charge is 2.18. The van der Waals surface area contributed by atoms with Crippen LogP contribution in [0.2, 0.25) is 0 Å². The van der Waals surface area contributed by atoms with Crippen molar-refractivity contribution < 1.29 is 4.42 Å². The van der Waals surface area contributed by atoms with Crippen LogP contribution in [-0.2, 0) is 0 Å². The Balaban J connectivity index is 1.39. The van der Waals surface area contributed by atoms with Gasteiger partial charge in [0.2, 0.25) is 5.82 Å². The Kier molecular flexibility index (Phi) is 5.70. The third-order valence-corrected chi connectivity index (χ3v) is 6.69. The van der Waals surface area contributed by atoms with Gasteiger partial charge < -0.3 is 4.42 Å². The van der Waals surface area contributed by atoms with Gasteiger partial charge in [0.15, 0.2) is 28.8 Å². The molecule has 0 aliphatic heterocycles. The SMILES string of the molecule is N#Cc1nc(C#N)c2oc3ccc(-c4nc(-c5ccccc5)nc(-c5ccc(-c6ccccc6)cc5)n4)cc3c2n1. The van der Waals surface area contributed by atoms with Gasteiger partial charge >= 0.3 is 0 Å². The number of furan rings is 1. The minimum absolute atomic E-state index is 0.0112. The lowest BCUT2D eigenvalue weighted by Gasteiger charge is -2.09. The van der Waals surface area contributed by atoms with Crippen molar-refractivity contribution in [3.63, 3.8) is 0 Å². The van der Waals surface area contributed by atoms with Crippen molar-refractivity contribution >= 4 is 22.1 Å². The van der Waals surface area contributed by atoms with Gasteiger partial charge in [0.25, 0.3) is 0 Å². The van der Waals surface area contributed by atoms with Gasteiger partial charge in [0, 0.05) is 22.1 Å². The molecule has 0 spiro atoms. The van der Waals surface area contributed by atoms with Gasteiger partial charge in [-0.3, -0.25) is 0 Å². The Morgan fingerprint density at radius 1 is 0.512 bits per heavy atom. The van der Waals surface area contributed by atoms with E-state index >= 15 is 0 Å². The van der Waals surface area contributed by atoms with Crippen LogP contribution in [-0.4, -0.2) is 24.9 Å². The van der Waals surface area contributed by atoms with Gasteiger partial charge in [0.1, 0.15) is 23.2 Å². The summed E-state index contributed by atoms with van der Waals surface area (Å²) in [4.78, 5) is 22.8. The Morgan fingerprint density at radius 2 is 1.05 bits per heavy atom. The summed E-state index contributed by atoms with van der Waals surface area (Å²) in [5, 5.41) is 19.5. The first-order valence-electron chi connectivity index (χ1n) is 12.7. The van der Waals surface area contributed by atoms with Crippen molar-refractivity contribution in [1.29, 1.82) is 10.5 Å². The monoisotopic (exact) mass is 527 g/mol. The molecular weight excluding hydrogens is 510 g/mol. The number of hydrogen-bond acceptors (Lipinski definition) is 8. The summed E-state index contributed by atoms with van der Waals surface area (Å²) in [5.41, 5.74) is 5.79. The van der Waals surface area contributed by atoms with Gasteiger partial charge in [-0.05, 0) is 29.3 Å². The maximum absolute atomic E-state index is 9.54. The van der Waals surface area contributed by atoms with Crippen LogP contribution in [0.3, 0.4) is 0 Å². The first kappa shape index (κ1) is 23.8. The van der Waals surface area contributed by atoms with E-state index in [0.29, 0.717) is 39.5 Å². The standard InChI is InChI=1S/C33H17N7O/c34-18-26-30-29(37-28(19-35)36-26)25-17-24(15-16-27(25)41-30)33-39-31(22-9-5-2-6-10-22)38-32(40-33)23-13-11-21(12-14-23)20-7-3-1-4-8-20/h1-17H. The molecule has 0 unspecified atom stereocenters. The molecule has 0 saturated heterocycles. The van der Waals surface area contributed by atoms with Crippen molar-refractivity contribution in [2.45, 2.75) is 0 Å². The first-order valence-corrected chi connectivity index (χ1v) is 12.7. The van der Waals surface area contributed by atoms with E-state index in [1.807, 2.05) is 84.9 Å². The van der Waals surface area contributed by atoms with E-state index in [-0.39, 0.29) is 17.1 Å². The van der Waals surface area contributed by atoms with E-state index in [1.165, 1.54) is 0 Å². The van der Waals surface area contributed by atoms with Crippen LogP contribution in [0.15, 0.2) is 108 Å². The van der Waals surface area contributed by atoms with Crippen molar-refractivity contribution in [2.75, 3.05) is 0 Å². The lowest BCUT2D eigenvalue weighted by atomic mass is 10.0. The first-order chi connectivity index (χ1) is 20.2. The molecule has 7 rings (SSSR count). The number of fused-ring (bicyclic) bond motifs is 3. The van der Waals surface area contributed by atoms with Crippen LogP contribution < -0.4 is 0 Å². The van der Waals surface area contributed by atoms with Crippen molar-refractivity contribution in [3.05, 3.63) is 115 Å². The largest absolute Gasteiger partial charge is 0.451 e. The highest BCUT2D eigenvalue weighted by molar-refractivity contribution is 6.05. The number of aromatic nitrogens is 5. The van der Waals surface area contributed by atoms with Gasteiger partial charge in [-0.1, -0.05) is 84.9 Å². The third-order valence-electron chi connectivity index (χ3n) is 6.69. The molecule has 7 aromatic rings. The molecule has 0 atom stereocenters. The zero-order chi connectivity index (χ0) is 27.8. The number of nitrogens with zero attached hydrogens (tertiary/aromatic N) is 7. The Bertz CT molecular complexity index is 2160. The average Bonchev–Trinajstić information content (AvgIpc) is 3.43. The molecule has 0 bridgehead atoms. The molecule has 41 heavy (non-hydrogen) atoms. The van der Waals surface area contributed by atoms with Crippen LogP contribution in [0.1, 0.15) is 11.5 Å². The smallest absolute Gasteiger partial charge is 0.234 e. The Hall–Kier alpha value is -6.25. The molecule has 0 saturated carbocycles. The van der Waals surface area contributed by atoms with Crippen LogP contribution >= 0.6 is 0 Å². The van der Waals surface area contributed by atoms with E-state index in [9.17, 15) is 10.5 Å². The zero-order valence-electron chi connectivity index (χ0n) is 21.4. The molecule has 8 heteroatoms. The van der Waals surface area contributed by atoms with Crippen molar-refractivity contribution in [3.8, 4) is 57.4 Å². The second-order valence-electron chi connectivity index (χ2n) is 9.23. The summed E-state index contributed by atoms with van der Waals surface area (Å²) in [7, 11) is 0. The molecule has 0 N–H and O–H groups in total. The average molecular weight is 528 g/mol. The molecule has 4 aromatic carbocycles. The number of rotatable bonds is 4. The predicted octanol–water partition coefficient (Wildman–Crippen LogP) is 6.97. The number of benzene rings is 4. The molecular formula is C33H17N7O. The van der Waals surface area contributed by atoms with Gasteiger partial charge in [-0.15, -0.1) is 0 Å². The molecule has 3 aromatic heterocycles. The van der Waals surface area contributed by atoms with E-state index < -0.39 is 0 Å². The minimum atomic E-state index is -0.102. The number of hydrogen-bond donors (Lipinski definition) is 0. The minimum Gasteiger partial charge on any atom is -0.451 e. The number of nitriles is 2. The topological polar surface area (TPSA) is 125 Å². The van der Waals surface area contributed by atoms with Crippen LogP contribution in [0.5, 0.6) is 0 Å².